The van der Waals surface area contributed by atoms with Gasteiger partial charge in [0, 0.05) is 26.3 Å². The average Bonchev–Trinajstić information content (AvgIpc) is 2.60. The second-order valence-corrected chi connectivity index (χ2v) is 5.92. The smallest absolute Gasteiger partial charge is 0.431 e. The third-order valence-corrected chi connectivity index (χ3v) is 3.91. The van der Waals surface area contributed by atoms with Gasteiger partial charge in [-0.25, -0.2) is 13.8 Å². The van der Waals surface area contributed by atoms with E-state index in [4.69, 9.17) is 21.1 Å². The molecule has 0 radical (unpaired) electrons. The summed E-state index contributed by atoms with van der Waals surface area (Å²) in [6.45, 7) is 0.358. The lowest BCUT2D eigenvalue weighted by molar-refractivity contribution is -0.144. The monoisotopic (exact) mass is 422 g/mol. The highest BCUT2D eigenvalue weighted by Gasteiger charge is 2.35. The normalized spacial score (nSPS) is 12.0. The van der Waals surface area contributed by atoms with Crippen LogP contribution in [0.5, 0.6) is 5.75 Å². The molecule has 0 atom stereocenters. The van der Waals surface area contributed by atoms with Gasteiger partial charge in [-0.05, 0) is 12.1 Å². The highest BCUT2D eigenvalue weighted by molar-refractivity contribution is 6.32. The van der Waals surface area contributed by atoms with Gasteiger partial charge in [-0.3, -0.25) is 9.36 Å². The summed E-state index contributed by atoms with van der Waals surface area (Å²) in [7, 11) is 2.32. The minimum absolute atomic E-state index is 0.0219. The number of hydrogen-bond acceptors (Lipinski definition) is 4. The van der Waals surface area contributed by atoms with E-state index in [1.54, 1.807) is 12.2 Å². The fourth-order valence-electron chi connectivity index (χ4n) is 2.29. The van der Waals surface area contributed by atoms with Crippen molar-refractivity contribution in [2.24, 2.45) is 7.05 Å². The predicted molar refractivity (Wildman–Crippen MR) is 93.8 cm³/mol. The third kappa shape index (κ3) is 4.63. The summed E-state index contributed by atoms with van der Waals surface area (Å²) in [6, 6.07) is 1.98. The van der Waals surface area contributed by atoms with Gasteiger partial charge in [-0.1, -0.05) is 17.7 Å². The average molecular weight is 423 g/mol. The van der Waals surface area contributed by atoms with Crippen LogP contribution in [0.1, 0.15) is 5.69 Å². The number of benzene rings is 1. The Morgan fingerprint density at radius 2 is 1.79 bits per heavy atom. The Hall–Kier alpha value is -2.59. The summed E-state index contributed by atoms with van der Waals surface area (Å²) in [5, 5.41) is -0.141. The fourth-order valence-corrected chi connectivity index (χ4v) is 2.49. The molecule has 1 heterocycles. The lowest BCUT2D eigenvalue weighted by atomic mass is 10.2. The molecule has 0 aliphatic rings. The molecule has 0 fully saturated rings. The predicted octanol–water partition coefficient (Wildman–Crippen LogP) is 2.93. The second-order valence-electron chi connectivity index (χ2n) is 5.51. The van der Waals surface area contributed by atoms with Gasteiger partial charge in [0.2, 0.25) is 0 Å². The molecule has 0 spiro atoms. The molecule has 6 nitrogen and oxygen atoms in total. The van der Waals surface area contributed by atoms with E-state index in [1.807, 2.05) is 0 Å². The van der Waals surface area contributed by atoms with Crippen molar-refractivity contribution in [1.82, 2.24) is 9.13 Å². The van der Waals surface area contributed by atoms with Crippen molar-refractivity contribution in [3.63, 3.8) is 0 Å². The number of rotatable bonds is 6. The molecular weight excluding hydrogens is 408 g/mol. The lowest BCUT2D eigenvalue weighted by Crippen LogP contribution is -2.41. The van der Waals surface area contributed by atoms with Gasteiger partial charge in [0.25, 0.3) is 5.56 Å². The summed E-state index contributed by atoms with van der Waals surface area (Å²) in [4.78, 5) is 24.4. The van der Waals surface area contributed by atoms with E-state index in [-0.39, 0.29) is 32.6 Å². The number of alkyl halides is 3. The van der Waals surface area contributed by atoms with E-state index in [9.17, 15) is 27.2 Å². The molecule has 0 aliphatic carbocycles. The molecule has 2 rings (SSSR count). The van der Waals surface area contributed by atoms with Crippen molar-refractivity contribution >= 4 is 11.6 Å². The van der Waals surface area contributed by atoms with Crippen LogP contribution in [0.15, 0.2) is 39.9 Å². The summed E-state index contributed by atoms with van der Waals surface area (Å²) in [5.41, 5.74) is -4.75. The lowest BCUT2D eigenvalue weighted by Gasteiger charge is -2.15. The van der Waals surface area contributed by atoms with E-state index in [1.165, 1.54) is 7.11 Å². The number of methoxy groups -OCH3 is 1. The maximum atomic E-state index is 14.3. The van der Waals surface area contributed by atoms with Crippen molar-refractivity contribution < 1.29 is 27.0 Å². The zero-order valence-electron chi connectivity index (χ0n) is 14.7. The van der Waals surface area contributed by atoms with Crippen LogP contribution in [0, 0.1) is 5.82 Å². The highest BCUT2D eigenvalue weighted by Crippen LogP contribution is 2.30. The summed E-state index contributed by atoms with van der Waals surface area (Å²) < 4.78 is 63.8. The van der Waals surface area contributed by atoms with Crippen LogP contribution in [-0.4, -0.2) is 29.5 Å². The molecule has 0 aliphatic heterocycles. The second kappa shape index (κ2) is 8.61. The Kier molecular flexibility index (Phi) is 6.68. The van der Waals surface area contributed by atoms with Crippen LogP contribution in [0.4, 0.5) is 17.6 Å². The number of nitrogens with zero attached hydrogens (tertiary/aromatic N) is 2. The molecular formula is C17H15ClF4N2O4. The van der Waals surface area contributed by atoms with Gasteiger partial charge in [-0.15, -0.1) is 0 Å². The molecule has 0 saturated heterocycles. The molecule has 28 heavy (non-hydrogen) atoms. The first-order valence-electron chi connectivity index (χ1n) is 7.74. The third-order valence-electron chi connectivity index (χ3n) is 3.62. The Morgan fingerprint density at radius 3 is 2.39 bits per heavy atom. The van der Waals surface area contributed by atoms with Crippen LogP contribution in [-0.2, 0) is 18.0 Å². The van der Waals surface area contributed by atoms with Gasteiger partial charge >= 0.3 is 11.9 Å². The van der Waals surface area contributed by atoms with E-state index >= 15 is 0 Å². The summed E-state index contributed by atoms with van der Waals surface area (Å²) >= 11 is 5.89. The Bertz CT molecular complexity index is 1010. The zero-order valence-corrected chi connectivity index (χ0v) is 15.5. The standard InChI is InChI=1S/C17H15ClF4N2O4/c1-23-14(17(20,21)22)9-15(25)24(16(23)26)12-8-13(10(18)7-11(12)19)28-6-4-3-5-27-2/h3-4,7-9H,5-6H2,1-2H3. The number of aromatic nitrogens is 2. The minimum atomic E-state index is -4.92. The van der Waals surface area contributed by atoms with Crippen LogP contribution in [0.25, 0.3) is 5.69 Å². The fraction of sp³-hybridized carbons (Fsp3) is 0.294. The Morgan fingerprint density at radius 1 is 1.14 bits per heavy atom. The molecule has 11 heteroatoms. The van der Waals surface area contributed by atoms with Crippen molar-refractivity contribution in [3.8, 4) is 11.4 Å². The molecule has 2 aromatic rings. The molecule has 152 valence electrons. The van der Waals surface area contributed by atoms with Gasteiger partial charge in [-0.2, -0.15) is 13.2 Å². The Balaban J connectivity index is 2.54. The van der Waals surface area contributed by atoms with Gasteiger partial charge < -0.3 is 9.47 Å². The van der Waals surface area contributed by atoms with Gasteiger partial charge in [0.1, 0.15) is 23.9 Å². The van der Waals surface area contributed by atoms with E-state index in [0.717, 1.165) is 19.2 Å². The first-order valence-corrected chi connectivity index (χ1v) is 8.12. The van der Waals surface area contributed by atoms with Crippen LogP contribution in [0.2, 0.25) is 5.02 Å². The molecule has 0 amide bonds. The largest absolute Gasteiger partial charge is 0.488 e. The van der Waals surface area contributed by atoms with E-state index < -0.39 is 34.6 Å². The van der Waals surface area contributed by atoms with Crippen LogP contribution >= 0.6 is 11.6 Å². The quantitative estimate of drug-likeness (QED) is 0.530. The minimum Gasteiger partial charge on any atom is -0.488 e. The van der Waals surface area contributed by atoms with E-state index in [2.05, 4.69) is 0 Å². The van der Waals surface area contributed by atoms with Gasteiger partial charge in [0.15, 0.2) is 0 Å². The van der Waals surface area contributed by atoms with Crippen molar-refractivity contribution in [1.29, 1.82) is 0 Å². The first kappa shape index (κ1) is 21.7. The van der Waals surface area contributed by atoms with Gasteiger partial charge in [0.05, 0.1) is 17.3 Å². The maximum Gasteiger partial charge on any atom is 0.431 e. The van der Waals surface area contributed by atoms with Crippen LogP contribution in [0.3, 0.4) is 0 Å². The molecule has 0 bridgehead atoms. The molecule has 0 unspecified atom stereocenters. The summed E-state index contributed by atoms with van der Waals surface area (Å²) in [6.07, 6.45) is -1.69. The first-order chi connectivity index (χ1) is 13.1. The molecule has 0 saturated carbocycles. The Labute approximate surface area is 161 Å². The van der Waals surface area contributed by atoms with E-state index in [0.29, 0.717) is 6.61 Å². The van der Waals surface area contributed by atoms with Crippen molar-refractivity contribution in [2.75, 3.05) is 20.3 Å². The van der Waals surface area contributed by atoms with Crippen molar-refractivity contribution in [2.45, 2.75) is 6.18 Å². The molecule has 1 aromatic heterocycles. The number of hydrogen-bond donors (Lipinski definition) is 0. The topological polar surface area (TPSA) is 62.5 Å². The summed E-state index contributed by atoms with van der Waals surface area (Å²) in [5.74, 6) is -1.14. The highest BCUT2D eigenvalue weighted by atomic mass is 35.5. The SMILES string of the molecule is COCC=CCOc1cc(-n2c(=O)cc(C(F)(F)F)n(C)c2=O)c(F)cc1Cl. The number of halogens is 5. The van der Waals surface area contributed by atoms with Crippen molar-refractivity contribution in [3.05, 3.63) is 67.7 Å². The zero-order chi connectivity index (χ0) is 21.1. The number of ether oxygens (including phenoxy) is 2. The van der Waals surface area contributed by atoms with Crippen LogP contribution < -0.4 is 16.0 Å². The maximum absolute atomic E-state index is 14.3. The molecule has 1 aromatic carbocycles. The molecule has 0 N–H and O–H groups in total.